The molecule has 0 bridgehead atoms. The molecule has 29 heavy (non-hydrogen) atoms. The molecule has 7 heteroatoms. The fraction of sp³-hybridized carbons (Fsp3) is 0.364. The fourth-order valence-corrected chi connectivity index (χ4v) is 2.96. The predicted molar refractivity (Wildman–Crippen MR) is 113 cm³/mol. The highest BCUT2D eigenvalue weighted by Gasteiger charge is 2.25. The number of carbonyl (C=O) groups excluding carboxylic acids is 1. The quantitative estimate of drug-likeness (QED) is 0.646. The van der Waals surface area contributed by atoms with Gasteiger partial charge in [0.05, 0.1) is 7.11 Å². The van der Waals surface area contributed by atoms with Crippen LogP contribution in [0, 0.1) is 0 Å². The summed E-state index contributed by atoms with van der Waals surface area (Å²) < 4.78 is 5.28. The summed E-state index contributed by atoms with van der Waals surface area (Å²) in [7, 11) is 1.59. The maximum absolute atomic E-state index is 12.2. The van der Waals surface area contributed by atoms with Crippen molar-refractivity contribution < 1.29 is 19.4 Å². The Hall–Kier alpha value is -3.22. The molecule has 0 atom stereocenters. The van der Waals surface area contributed by atoms with E-state index in [1.807, 2.05) is 63.2 Å². The number of hydrogen-bond acceptors (Lipinski definition) is 3. The van der Waals surface area contributed by atoms with Crippen LogP contribution in [0.4, 0.5) is 15.3 Å². The number of rotatable bonds is 7. The summed E-state index contributed by atoms with van der Waals surface area (Å²) in [6, 6.07) is 14.6. The molecule has 0 aliphatic carbocycles. The van der Waals surface area contributed by atoms with Crippen molar-refractivity contribution in [2.24, 2.45) is 0 Å². The number of para-hydroxylation sites is 1. The van der Waals surface area contributed by atoms with Gasteiger partial charge in [-0.3, -0.25) is 0 Å². The van der Waals surface area contributed by atoms with Crippen molar-refractivity contribution in [3.63, 3.8) is 0 Å². The molecular formula is C22H29N3O4. The van der Waals surface area contributed by atoms with E-state index in [1.54, 1.807) is 13.2 Å². The zero-order chi connectivity index (χ0) is 21.4. The van der Waals surface area contributed by atoms with Crippen molar-refractivity contribution in [1.29, 1.82) is 0 Å². The SMILES string of the molecule is COc1ccccc1CNC(=O)Nc1cccc(CCN(C(=O)O)C(C)(C)C)c1. The lowest BCUT2D eigenvalue weighted by atomic mass is 10.0. The van der Waals surface area contributed by atoms with Gasteiger partial charge in [0.2, 0.25) is 0 Å². The van der Waals surface area contributed by atoms with Crippen molar-refractivity contribution in [2.75, 3.05) is 19.0 Å². The molecule has 3 amide bonds. The average Bonchev–Trinajstić information content (AvgIpc) is 2.65. The maximum atomic E-state index is 12.2. The first kappa shape index (κ1) is 22.1. The van der Waals surface area contributed by atoms with Crippen molar-refractivity contribution in [3.8, 4) is 5.75 Å². The summed E-state index contributed by atoms with van der Waals surface area (Å²) in [6.07, 6.45) is -0.385. The Balaban J connectivity index is 1.93. The van der Waals surface area contributed by atoms with Crippen LogP contribution in [0.3, 0.4) is 0 Å². The largest absolute Gasteiger partial charge is 0.496 e. The lowest BCUT2D eigenvalue weighted by molar-refractivity contribution is 0.101. The van der Waals surface area contributed by atoms with Gasteiger partial charge in [-0.05, 0) is 51.0 Å². The summed E-state index contributed by atoms with van der Waals surface area (Å²) in [4.78, 5) is 25.1. The smallest absolute Gasteiger partial charge is 0.407 e. The molecule has 0 fully saturated rings. The number of amides is 3. The second-order valence-corrected chi connectivity index (χ2v) is 7.67. The van der Waals surface area contributed by atoms with Crippen LogP contribution in [0.2, 0.25) is 0 Å². The molecule has 0 aliphatic heterocycles. The molecule has 2 aromatic rings. The molecule has 2 aromatic carbocycles. The number of nitrogens with zero attached hydrogens (tertiary/aromatic N) is 1. The van der Waals surface area contributed by atoms with E-state index in [-0.39, 0.29) is 6.03 Å². The highest BCUT2D eigenvalue weighted by Crippen LogP contribution is 2.18. The molecule has 7 nitrogen and oxygen atoms in total. The van der Waals surface area contributed by atoms with Gasteiger partial charge >= 0.3 is 12.1 Å². The molecule has 0 heterocycles. The van der Waals surface area contributed by atoms with Crippen molar-refractivity contribution in [3.05, 3.63) is 59.7 Å². The lowest BCUT2D eigenvalue weighted by Gasteiger charge is -2.33. The fourth-order valence-electron chi connectivity index (χ4n) is 2.96. The maximum Gasteiger partial charge on any atom is 0.407 e. The third-order valence-electron chi connectivity index (χ3n) is 4.48. The molecule has 0 aromatic heterocycles. The number of methoxy groups -OCH3 is 1. The minimum absolute atomic E-state index is 0.324. The molecule has 0 unspecified atom stereocenters. The zero-order valence-corrected chi connectivity index (χ0v) is 17.4. The van der Waals surface area contributed by atoms with Gasteiger partial charge in [-0.25, -0.2) is 9.59 Å². The van der Waals surface area contributed by atoms with Crippen molar-refractivity contribution in [2.45, 2.75) is 39.3 Å². The first-order valence-corrected chi connectivity index (χ1v) is 9.47. The number of ether oxygens (including phenoxy) is 1. The van der Waals surface area contributed by atoms with Gasteiger partial charge < -0.3 is 25.4 Å². The van der Waals surface area contributed by atoms with E-state index in [1.165, 1.54) is 4.90 Å². The number of carboxylic acid groups (broad SMARTS) is 1. The van der Waals surface area contributed by atoms with E-state index in [4.69, 9.17) is 4.74 Å². The summed E-state index contributed by atoms with van der Waals surface area (Å²) in [5.41, 5.74) is 2.01. The number of anilines is 1. The Bertz CT molecular complexity index is 846. The van der Waals surface area contributed by atoms with Crippen LogP contribution in [0.15, 0.2) is 48.5 Å². The van der Waals surface area contributed by atoms with Gasteiger partial charge in [0, 0.05) is 29.9 Å². The van der Waals surface area contributed by atoms with Crippen LogP contribution in [-0.2, 0) is 13.0 Å². The third kappa shape index (κ3) is 6.71. The average molecular weight is 399 g/mol. The third-order valence-corrected chi connectivity index (χ3v) is 4.48. The molecular weight excluding hydrogens is 370 g/mol. The number of nitrogens with one attached hydrogen (secondary N) is 2. The molecule has 0 aliphatic rings. The Kier molecular flexibility index (Phi) is 7.47. The van der Waals surface area contributed by atoms with Gasteiger partial charge in [0.1, 0.15) is 5.75 Å². The van der Waals surface area contributed by atoms with E-state index in [0.717, 1.165) is 16.9 Å². The number of benzene rings is 2. The van der Waals surface area contributed by atoms with Crippen LogP contribution in [0.5, 0.6) is 5.75 Å². The predicted octanol–water partition coefficient (Wildman–Crippen LogP) is 4.34. The first-order valence-electron chi connectivity index (χ1n) is 9.47. The monoisotopic (exact) mass is 399 g/mol. The number of urea groups is 1. The molecule has 0 spiro atoms. The molecule has 0 saturated heterocycles. The molecule has 2 rings (SSSR count). The molecule has 0 radical (unpaired) electrons. The standard InChI is InChI=1S/C22H29N3O4/c1-22(2,3)25(21(27)28)13-12-16-8-7-10-18(14-16)24-20(26)23-15-17-9-5-6-11-19(17)29-4/h5-11,14H,12-13,15H2,1-4H3,(H,27,28)(H2,23,24,26). The molecule has 3 N–H and O–H groups in total. The van der Waals surface area contributed by atoms with Crippen LogP contribution in [-0.4, -0.2) is 41.3 Å². The summed E-state index contributed by atoms with van der Waals surface area (Å²) in [5, 5.41) is 15.0. The van der Waals surface area contributed by atoms with Gasteiger partial charge in [0.25, 0.3) is 0 Å². The van der Waals surface area contributed by atoms with E-state index in [2.05, 4.69) is 10.6 Å². The number of carbonyl (C=O) groups is 2. The van der Waals surface area contributed by atoms with Gasteiger partial charge in [-0.2, -0.15) is 0 Å². The van der Waals surface area contributed by atoms with Gasteiger partial charge in [-0.1, -0.05) is 30.3 Å². The van der Waals surface area contributed by atoms with E-state index >= 15 is 0 Å². The summed E-state index contributed by atoms with van der Waals surface area (Å²) in [6.45, 7) is 6.32. The Morgan fingerprint density at radius 2 is 1.83 bits per heavy atom. The van der Waals surface area contributed by atoms with Crippen LogP contribution in [0.25, 0.3) is 0 Å². The molecule has 156 valence electrons. The zero-order valence-electron chi connectivity index (χ0n) is 17.4. The van der Waals surface area contributed by atoms with Crippen LogP contribution < -0.4 is 15.4 Å². The van der Waals surface area contributed by atoms with E-state index in [9.17, 15) is 14.7 Å². The molecule has 0 saturated carbocycles. The minimum atomic E-state index is -0.942. The van der Waals surface area contributed by atoms with Gasteiger partial charge in [0.15, 0.2) is 0 Å². The Morgan fingerprint density at radius 1 is 1.10 bits per heavy atom. The van der Waals surface area contributed by atoms with E-state index < -0.39 is 11.6 Å². The van der Waals surface area contributed by atoms with Crippen molar-refractivity contribution >= 4 is 17.8 Å². The lowest BCUT2D eigenvalue weighted by Crippen LogP contribution is -2.45. The second-order valence-electron chi connectivity index (χ2n) is 7.67. The summed E-state index contributed by atoms with van der Waals surface area (Å²) >= 11 is 0. The number of hydrogen-bond donors (Lipinski definition) is 3. The summed E-state index contributed by atoms with van der Waals surface area (Å²) in [5.74, 6) is 0.719. The normalized spacial score (nSPS) is 10.9. The Morgan fingerprint density at radius 3 is 2.48 bits per heavy atom. The highest BCUT2D eigenvalue weighted by molar-refractivity contribution is 5.89. The Labute approximate surface area is 171 Å². The van der Waals surface area contributed by atoms with E-state index in [0.29, 0.717) is 25.2 Å². The topological polar surface area (TPSA) is 90.9 Å². The van der Waals surface area contributed by atoms with Crippen LogP contribution >= 0.6 is 0 Å². The highest BCUT2D eigenvalue weighted by atomic mass is 16.5. The first-order chi connectivity index (χ1) is 13.7. The second kappa shape index (κ2) is 9.82. The van der Waals surface area contributed by atoms with Crippen LogP contribution in [0.1, 0.15) is 31.9 Å². The van der Waals surface area contributed by atoms with Crippen molar-refractivity contribution in [1.82, 2.24) is 10.2 Å². The minimum Gasteiger partial charge on any atom is -0.496 e. The van der Waals surface area contributed by atoms with Gasteiger partial charge in [-0.15, -0.1) is 0 Å².